The molecule has 1 atom stereocenters. The SMILES string of the molecule is COc1ccc(SC2CCCCN2C(=O)O)cc1. The molecule has 1 aliphatic rings. The molecule has 2 rings (SSSR count). The fourth-order valence-electron chi connectivity index (χ4n) is 2.05. The summed E-state index contributed by atoms with van der Waals surface area (Å²) in [7, 11) is 1.63. The van der Waals surface area contributed by atoms with Gasteiger partial charge in [-0.1, -0.05) is 0 Å². The van der Waals surface area contributed by atoms with Crippen LogP contribution in [0.2, 0.25) is 0 Å². The van der Waals surface area contributed by atoms with Crippen molar-refractivity contribution < 1.29 is 14.6 Å². The molecule has 0 spiro atoms. The molecular formula is C13H17NO3S. The van der Waals surface area contributed by atoms with Crippen LogP contribution in [0.3, 0.4) is 0 Å². The van der Waals surface area contributed by atoms with E-state index in [4.69, 9.17) is 9.84 Å². The molecule has 1 N–H and O–H groups in total. The molecule has 1 aromatic rings. The topological polar surface area (TPSA) is 49.8 Å². The second kappa shape index (κ2) is 6.00. The molecule has 1 fully saturated rings. The molecule has 0 saturated carbocycles. The number of methoxy groups -OCH3 is 1. The lowest BCUT2D eigenvalue weighted by atomic mass is 10.1. The van der Waals surface area contributed by atoms with E-state index in [0.717, 1.165) is 29.9 Å². The second-order valence-corrected chi connectivity index (χ2v) is 5.47. The van der Waals surface area contributed by atoms with E-state index in [1.54, 1.807) is 23.8 Å². The molecule has 98 valence electrons. The van der Waals surface area contributed by atoms with Crippen LogP contribution in [-0.4, -0.2) is 35.1 Å². The molecule has 5 heteroatoms. The number of piperidine rings is 1. The molecule has 18 heavy (non-hydrogen) atoms. The van der Waals surface area contributed by atoms with Crippen molar-refractivity contribution in [3.63, 3.8) is 0 Å². The second-order valence-electron chi connectivity index (χ2n) is 4.22. The van der Waals surface area contributed by atoms with E-state index in [-0.39, 0.29) is 5.37 Å². The summed E-state index contributed by atoms with van der Waals surface area (Å²) < 4.78 is 5.10. The van der Waals surface area contributed by atoms with Gasteiger partial charge < -0.3 is 9.84 Å². The lowest BCUT2D eigenvalue weighted by molar-refractivity contribution is 0.129. The van der Waals surface area contributed by atoms with Crippen molar-refractivity contribution in [2.45, 2.75) is 29.5 Å². The van der Waals surface area contributed by atoms with Gasteiger partial charge in [-0.05, 0) is 43.5 Å². The zero-order valence-electron chi connectivity index (χ0n) is 10.3. The minimum absolute atomic E-state index is 0.0321. The van der Waals surface area contributed by atoms with Gasteiger partial charge in [0.1, 0.15) is 5.75 Å². The van der Waals surface area contributed by atoms with Gasteiger partial charge in [0.15, 0.2) is 0 Å². The van der Waals surface area contributed by atoms with Crippen LogP contribution in [0, 0.1) is 0 Å². The standard InChI is InChI=1S/C13H17NO3S/c1-17-10-5-7-11(8-6-10)18-12-4-2-3-9-14(12)13(15)16/h5-8,12H,2-4,9H2,1H3,(H,15,16). The van der Waals surface area contributed by atoms with Crippen LogP contribution in [-0.2, 0) is 0 Å². The average Bonchev–Trinajstić information content (AvgIpc) is 2.40. The highest BCUT2D eigenvalue weighted by Crippen LogP contribution is 2.32. The number of benzene rings is 1. The van der Waals surface area contributed by atoms with Crippen molar-refractivity contribution in [1.82, 2.24) is 4.90 Å². The fourth-order valence-corrected chi connectivity index (χ4v) is 3.27. The maximum Gasteiger partial charge on any atom is 0.408 e. The molecule has 1 unspecified atom stereocenters. The van der Waals surface area contributed by atoms with E-state index in [1.165, 1.54) is 0 Å². The van der Waals surface area contributed by atoms with Gasteiger partial charge in [0, 0.05) is 11.4 Å². The van der Waals surface area contributed by atoms with Crippen LogP contribution in [0.4, 0.5) is 4.79 Å². The number of thioether (sulfide) groups is 1. The van der Waals surface area contributed by atoms with Crippen molar-refractivity contribution in [3.8, 4) is 5.75 Å². The highest BCUT2D eigenvalue weighted by Gasteiger charge is 2.26. The Morgan fingerprint density at radius 2 is 2.11 bits per heavy atom. The Kier molecular flexibility index (Phi) is 4.36. The molecule has 0 aromatic heterocycles. The van der Waals surface area contributed by atoms with Crippen LogP contribution in [0.15, 0.2) is 29.2 Å². The Hall–Kier alpha value is -1.36. The lowest BCUT2D eigenvalue weighted by Crippen LogP contribution is -2.40. The predicted molar refractivity (Wildman–Crippen MR) is 71.2 cm³/mol. The number of amides is 1. The number of ether oxygens (including phenoxy) is 1. The average molecular weight is 267 g/mol. The van der Waals surface area contributed by atoms with Gasteiger partial charge in [-0.2, -0.15) is 0 Å². The maximum absolute atomic E-state index is 11.1. The van der Waals surface area contributed by atoms with Gasteiger partial charge in [-0.15, -0.1) is 11.8 Å². The molecule has 0 aliphatic carbocycles. The van der Waals surface area contributed by atoms with E-state index in [9.17, 15) is 4.79 Å². The third-order valence-electron chi connectivity index (χ3n) is 3.02. The number of hydrogen-bond acceptors (Lipinski definition) is 3. The van der Waals surface area contributed by atoms with Crippen molar-refractivity contribution in [3.05, 3.63) is 24.3 Å². The van der Waals surface area contributed by atoms with Crippen molar-refractivity contribution in [1.29, 1.82) is 0 Å². The molecule has 0 bridgehead atoms. The molecular weight excluding hydrogens is 250 g/mol. The first-order valence-electron chi connectivity index (χ1n) is 6.01. The third kappa shape index (κ3) is 3.10. The minimum atomic E-state index is -0.819. The highest BCUT2D eigenvalue weighted by atomic mass is 32.2. The largest absolute Gasteiger partial charge is 0.497 e. The zero-order chi connectivity index (χ0) is 13.0. The molecule has 1 amide bonds. The van der Waals surface area contributed by atoms with Crippen molar-refractivity contribution in [2.75, 3.05) is 13.7 Å². The van der Waals surface area contributed by atoms with Gasteiger partial charge in [0.2, 0.25) is 0 Å². The quantitative estimate of drug-likeness (QED) is 0.913. The Bertz CT molecular complexity index is 407. The lowest BCUT2D eigenvalue weighted by Gasteiger charge is -2.32. The first kappa shape index (κ1) is 13.1. The van der Waals surface area contributed by atoms with Gasteiger partial charge >= 0.3 is 6.09 Å². The number of hydrogen-bond donors (Lipinski definition) is 1. The van der Waals surface area contributed by atoms with E-state index in [2.05, 4.69) is 0 Å². The summed E-state index contributed by atoms with van der Waals surface area (Å²) in [6.45, 7) is 0.642. The number of nitrogens with zero attached hydrogens (tertiary/aromatic N) is 1. The summed E-state index contributed by atoms with van der Waals surface area (Å²) in [5, 5.41) is 9.19. The summed E-state index contributed by atoms with van der Waals surface area (Å²) in [4.78, 5) is 13.8. The first-order chi connectivity index (χ1) is 8.70. The van der Waals surface area contributed by atoms with E-state index >= 15 is 0 Å². The Balaban J connectivity index is 2.03. The van der Waals surface area contributed by atoms with Gasteiger partial charge in [-0.3, -0.25) is 4.90 Å². The smallest absolute Gasteiger partial charge is 0.408 e. The third-order valence-corrected chi connectivity index (χ3v) is 4.33. The Morgan fingerprint density at radius 3 is 2.72 bits per heavy atom. The molecule has 1 heterocycles. The van der Waals surface area contributed by atoms with Crippen LogP contribution >= 0.6 is 11.8 Å². The Morgan fingerprint density at radius 1 is 1.39 bits per heavy atom. The van der Waals surface area contributed by atoms with Gasteiger partial charge in [0.05, 0.1) is 12.5 Å². The summed E-state index contributed by atoms with van der Waals surface area (Å²) in [6.07, 6.45) is 2.16. The number of carboxylic acid groups (broad SMARTS) is 1. The maximum atomic E-state index is 11.1. The van der Waals surface area contributed by atoms with Crippen LogP contribution in [0.1, 0.15) is 19.3 Å². The first-order valence-corrected chi connectivity index (χ1v) is 6.89. The van der Waals surface area contributed by atoms with Crippen LogP contribution in [0.25, 0.3) is 0 Å². The Labute approximate surface area is 111 Å². The monoisotopic (exact) mass is 267 g/mol. The number of likely N-dealkylation sites (tertiary alicyclic amines) is 1. The van der Waals surface area contributed by atoms with Gasteiger partial charge in [0.25, 0.3) is 0 Å². The molecule has 0 radical (unpaired) electrons. The zero-order valence-corrected chi connectivity index (χ0v) is 11.2. The van der Waals surface area contributed by atoms with Crippen molar-refractivity contribution >= 4 is 17.9 Å². The minimum Gasteiger partial charge on any atom is -0.497 e. The molecule has 1 aliphatic heterocycles. The highest BCUT2D eigenvalue weighted by molar-refractivity contribution is 7.99. The van der Waals surface area contributed by atoms with E-state index in [1.807, 2.05) is 24.3 Å². The van der Waals surface area contributed by atoms with Crippen LogP contribution in [0.5, 0.6) is 5.75 Å². The number of carbonyl (C=O) groups is 1. The number of rotatable bonds is 3. The molecule has 1 aromatic carbocycles. The summed E-state index contributed by atoms with van der Waals surface area (Å²) in [5.74, 6) is 0.818. The van der Waals surface area contributed by atoms with Crippen LogP contribution < -0.4 is 4.74 Å². The summed E-state index contributed by atoms with van der Waals surface area (Å²) >= 11 is 1.61. The fraction of sp³-hybridized carbons (Fsp3) is 0.462. The van der Waals surface area contributed by atoms with Gasteiger partial charge in [-0.25, -0.2) is 4.79 Å². The normalized spacial score (nSPS) is 19.6. The predicted octanol–water partition coefficient (Wildman–Crippen LogP) is 3.28. The summed E-state index contributed by atoms with van der Waals surface area (Å²) in [5.41, 5.74) is 0. The van der Waals surface area contributed by atoms with E-state index < -0.39 is 6.09 Å². The summed E-state index contributed by atoms with van der Waals surface area (Å²) in [6, 6.07) is 7.74. The molecule has 4 nitrogen and oxygen atoms in total. The molecule has 1 saturated heterocycles. The van der Waals surface area contributed by atoms with E-state index in [0.29, 0.717) is 6.54 Å². The van der Waals surface area contributed by atoms with Crippen molar-refractivity contribution in [2.24, 2.45) is 0 Å².